The molecule has 0 bridgehead atoms. The molecular formula is C14H15FN2. The normalized spacial score (nSPS) is 10.3. The molecular weight excluding hydrogens is 215 g/mol. The number of benzene rings is 2. The van der Waals surface area contributed by atoms with Gasteiger partial charge in [-0.15, -0.1) is 0 Å². The minimum Gasteiger partial charge on any atom is -0.397 e. The molecule has 0 spiro atoms. The summed E-state index contributed by atoms with van der Waals surface area (Å²) in [5, 5.41) is 3.05. The van der Waals surface area contributed by atoms with E-state index in [9.17, 15) is 4.39 Å². The lowest BCUT2D eigenvalue weighted by atomic mass is 10.1. The number of nitrogens with two attached hydrogens (primary N) is 1. The van der Waals surface area contributed by atoms with E-state index in [0.717, 1.165) is 16.8 Å². The van der Waals surface area contributed by atoms with E-state index in [4.69, 9.17) is 5.73 Å². The van der Waals surface area contributed by atoms with E-state index in [1.165, 1.54) is 6.07 Å². The molecule has 2 aromatic carbocycles. The molecule has 0 unspecified atom stereocenters. The minimum atomic E-state index is -0.342. The Labute approximate surface area is 100 Å². The summed E-state index contributed by atoms with van der Waals surface area (Å²) < 4.78 is 13.6. The first-order valence-electron chi connectivity index (χ1n) is 5.46. The lowest BCUT2D eigenvalue weighted by Crippen LogP contribution is -2.00. The molecule has 2 aromatic rings. The maximum Gasteiger partial charge on any atom is 0.148 e. The van der Waals surface area contributed by atoms with Crippen LogP contribution >= 0.6 is 0 Å². The van der Waals surface area contributed by atoms with Crippen molar-refractivity contribution in [3.8, 4) is 0 Å². The van der Waals surface area contributed by atoms with E-state index < -0.39 is 0 Å². The van der Waals surface area contributed by atoms with E-state index in [-0.39, 0.29) is 5.82 Å². The highest BCUT2D eigenvalue weighted by molar-refractivity contribution is 5.74. The molecule has 0 aliphatic carbocycles. The minimum absolute atomic E-state index is 0.334. The van der Waals surface area contributed by atoms with Gasteiger partial charge in [-0.25, -0.2) is 4.39 Å². The van der Waals surface area contributed by atoms with Crippen LogP contribution in [0.3, 0.4) is 0 Å². The van der Waals surface area contributed by atoms with Crippen molar-refractivity contribution in [2.45, 2.75) is 13.8 Å². The molecule has 0 atom stereocenters. The summed E-state index contributed by atoms with van der Waals surface area (Å²) in [6.07, 6.45) is 0. The predicted molar refractivity (Wildman–Crippen MR) is 70.0 cm³/mol. The average Bonchev–Trinajstić information content (AvgIpc) is 2.28. The molecule has 3 heteroatoms. The van der Waals surface area contributed by atoms with Crippen LogP contribution in [0, 0.1) is 19.7 Å². The summed E-state index contributed by atoms with van der Waals surface area (Å²) in [6.45, 7) is 3.97. The zero-order valence-corrected chi connectivity index (χ0v) is 9.92. The molecule has 0 aliphatic heterocycles. The number of nitrogen functional groups attached to an aromatic ring is 1. The van der Waals surface area contributed by atoms with Crippen LogP contribution < -0.4 is 11.1 Å². The SMILES string of the molecule is Cc1ccc(C)c(Nc2c(N)cccc2F)c1. The third-order valence-electron chi connectivity index (χ3n) is 2.70. The number of hydrogen-bond acceptors (Lipinski definition) is 2. The van der Waals surface area contributed by atoms with Crippen molar-refractivity contribution in [1.29, 1.82) is 0 Å². The van der Waals surface area contributed by atoms with Crippen molar-refractivity contribution in [2.75, 3.05) is 11.1 Å². The molecule has 2 rings (SSSR count). The Morgan fingerprint density at radius 1 is 1.12 bits per heavy atom. The Hall–Kier alpha value is -2.03. The van der Waals surface area contributed by atoms with Crippen LogP contribution in [0.4, 0.5) is 21.5 Å². The summed E-state index contributed by atoms with van der Waals surface area (Å²) in [5.41, 5.74) is 9.55. The molecule has 0 aliphatic rings. The predicted octanol–water partition coefficient (Wildman–Crippen LogP) is 3.77. The van der Waals surface area contributed by atoms with Crippen LogP contribution in [0.1, 0.15) is 11.1 Å². The van der Waals surface area contributed by atoms with Gasteiger partial charge in [0, 0.05) is 5.69 Å². The quantitative estimate of drug-likeness (QED) is 0.771. The van der Waals surface area contributed by atoms with Crippen molar-refractivity contribution >= 4 is 17.1 Å². The maximum absolute atomic E-state index is 13.6. The molecule has 0 aromatic heterocycles. The van der Waals surface area contributed by atoms with Crippen LogP contribution in [-0.4, -0.2) is 0 Å². The summed E-state index contributed by atoms with van der Waals surface area (Å²) in [6, 6.07) is 10.7. The summed E-state index contributed by atoms with van der Waals surface area (Å²) in [7, 11) is 0. The number of rotatable bonds is 2. The second kappa shape index (κ2) is 4.45. The van der Waals surface area contributed by atoms with E-state index in [1.54, 1.807) is 12.1 Å². The summed E-state index contributed by atoms with van der Waals surface area (Å²) in [5.74, 6) is -0.342. The molecule has 0 saturated carbocycles. The Bertz CT molecular complexity index is 530. The zero-order chi connectivity index (χ0) is 12.4. The number of halogens is 1. The topological polar surface area (TPSA) is 38.0 Å². The average molecular weight is 230 g/mol. The molecule has 0 amide bonds. The lowest BCUT2D eigenvalue weighted by molar-refractivity contribution is 0.632. The van der Waals surface area contributed by atoms with Gasteiger partial charge in [0.15, 0.2) is 0 Å². The van der Waals surface area contributed by atoms with Gasteiger partial charge in [0.1, 0.15) is 5.82 Å². The van der Waals surface area contributed by atoms with Crippen LogP contribution in [0.5, 0.6) is 0 Å². The molecule has 2 nitrogen and oxygen atoms in total. The highest BCUT2D eigenvalue weighted by Crippen LogP contribution is 2.28. The Morgan fingerprint density at radius 3 is 2.59 bits per heavy atom. The van der Waals surface area contributed by atoms with Crippen molar-refractivity contribution in [1.82, 2.24) is 0 Å². The van der Waals surface area contributed by atoms with E-state index in [0.29, 0.717) is 11.4 Å². The van der Waals surface area contributed by atoms with Gasteiger partial charge in [0.25, 0.3) is 0 Å². The molecule has 88 valence electrons. The van der Waals surface area contributed by atoms with Gasteiger partial charge in [-0.05, 0) is 43.2 Å². The Morgan fingerprint density at radius 2 is 1.88 bits per heavy atom. The van der Waals surface area contributed by atoms with Gasteiger partial charge in [-0.1, -0.05) is 18.2 Å². The highest BCUT2D eigenvalue weighted by Gasteiger charge is 2.07. The van der Waals surface area contributed by atoms with Crippen LogP contribution in [0.25, 0.3) is 0 Å². The number of anilines is 3. The fraction of sp³-hybridized carbons (Fsp3) is 0.143. The third kappa shape index (κ3) is 2.38. The van der Waals surface area contributed by atoms with Gasteiger partial charge in [-0.3, -0.25) is 0 Å². The lowest BCUT2D eigenvalue weighted by Gasteiger charge is -2.13. The Balaban J connectivity index is 2.41. The first-order valence-corrected chi connectivity index (χ1v) is 5.46. The Kier molecular flexibility index (Phi) is 3.00. The van der Waals surface area contributed by atoms with Crippen LogP contribution in [0.2, 0.25) is 0 Å². The van der Waals surface area contributed by atoms with E-state index >= 15 is 0 Å². The van der Waals surface area contributed by atoms with Crippen LogP contribution in [0.15, 0.2) is 36.4 Å². The van der Waals surface area contributed by atoms with Crippen molar-refractivity contribution in [2.24, 2.45) is 0 Å². The number of aryl methyl sites for hydroxylation is 2. The van der Waals surface area contributed by atoms with Crippen molar-refractivity contribution in [3.05, 3.63) is 53.3 Å². The van der Waals surface area contributed by atoms with E-state index in [2.05, 4.69) is 5.32 Å². The number of para-hydroxylation sites is 1. The van der Waals surface area contributed by atoms with Gasteiger partial charge in [-0.2, -0.15) is 0 Å². The number of nitrogens with one attached hydrogen (secondary N) is 1. The van der Waals surface area contributed by atoms with Gasteiger partial charge < -0.3 is 11.1 Å². The molecule has 17 heavy (non-hydrogen) atoms. The summed E-state index contributed by atoms with van der Waals surface area (Å²) in [4.78, 5) is 0. The molecule has 0 saturated heterocycles. The standard InChI is InChI=1S/C14H15FN2/c1-9-6-7-10(2)13(8-9)17-14-11(15)4-3-5-12(14)16/h3-8,17H,16H2,1-2H3. The largest absolute Gasteiger partial charge is 0.397 e. The van der Waals surface area contributed by atoms with Crippen molar-refractivity contribution < 1.29 is 4.39 Å². The first kappa shape index (κ1) is 11.5. The molecule has 3 N–H and O–H groups in total. The highest BCUT2D eigenvalue weighted by atomic mass is 19.1. The maximum atomic E-state index is 13.6. The third-order valence-corrected chi connectivity index (χ3v) is 2.70. The second-order valence-electron chi connectivity index (χ2n) is 4.15. The van der Waals surface area contributed by atoms with Crippen LogP contribution in [-0.2, 0) is 0 Å². The van der Waals surface area contributed by atoms with Gasteiger partial charge in [0.05, 0.1) is 11.4 Å². The zero-order valence-electron chi connectivity index (χ0n) is 9.92. The molecule has 0 fully saturated rings. The smallest absolute Gasteiger partial charge is 0.148 e. The van der Waals surface area contributed by atoms with E-state index in [1.807, 2.05) is 32.0 Å². The molecule has 0 radical (unpaired) electrons. The first-order chi connectivity index (χ1) is 8.08. The van der Waals surface area contributed by atoms with Crippen molar-refractivity contribution in [3.63, 3.8) is 0 Å². The fourth-order valence-corrected chi connectivity index (χ4v) is 1.68. The summed E-state index contributed by atoms with van der Waals surface area (Å²) >= 11 is 0. The second-order valence-corrected chi connectivity index (χ2v) is 4.15. The molecule has 0 heterocycles. The fourth-order valence-electron chi connectivity index (χ4n) is 1.68. The van der Waals surface area contributed by atoms with Gasteiger partial charge >= 0.3 is 0 Å². The number of hydrogen-bond donors (Lipinski definition) is 2. The van der Waals surface area contributed by atoms with Gasteiger partial charge in [0.2, 0.25) is 0 Å². The monoisotopic (exact) mass is 230 g/mol.